The molecular formula is C14H18FNOS. The van der Waals surface area contributed by atoms with Crippen molar-refractivity contribution < 1.29 is 9.13 Å². The molecule has 4 heteroatoms. The normalized spacial score (nSPS) is 18.2. The van der Waals surface area contributed by atoms with Crippen LogP contribution in [0.1, 0.15) is 24.4 Å². The van der Waals surface area contributed by atoms with Crippen LogP contribution in [-0.2, 0) is 4.74 Å². The van der Waals surface area contributed by atoms with Crippen LogP contribution in [-0.4, -0.2) is 18.9 Å². The Hall–Kier alpha value is -1.00. The van der Waals surface area contributed by atoms with E-state index in [1.54, 1.807) is 17.8 Å². The summed E-state index contributed by atoms with van der Waals surface area (Å²) in [5.74, 6) is 0.869. The van der Waals surface area contributed by atoms with E-state index in [1.807, 2.05) is 6.07 Å². The Morgan fingerprint density at radius 2 is 2.44 bits per heavy atom. The number of hydrogen-bond donors (Lipinski definition) is 1. The zero-order valence-electron chi connectivity index (χ0n) is 10.3. The lowest BCUT2D eigenvalue weighted by Crippen LogP contribution is -2.26. The summed E-state index contributed by atoms with van der Waals surface area (Å²) in [4.78, 5) is 0.809. The van der Waals surface area contributed by atoms with Gasteiger partial charge in [-0.1, -0.05) is 18.7 Å². The molecule has 2 nitrogen and oxygen atoms in total. The van der Waals surface area contributed by atoms with Gasteiger partial charge in [0.2, 0.25) is 0 Å². The zero-order chi connectivity index (χ0) is 12.8. The third kappa shape index (κ3) is 3.27. The van der Waals surface area contributed by atoms with Crippen LogP contribution in [0.2, 0.25) is 0 Å². The maximum absolute atomic E-state index is 13.7. The molecule has 1 aromatic rings. The van der Waals surface area contributed by atoms with E-state index in [-0.39, 0.29) is 11.9 Å². The molecule has 1 aliphatic rings. The first-order chi connectivity index (χ1) is 8.83. The van der Waals surface area contributed by atoms with E-state index >= 15 is 0 Å². The van der Waals surface area contributed by atoms with Gasteiger partial charge in [-0.25, -0.2) is 4.39 Å². The Morgan fingerprint density at radius 1 is 1.56 bits per heavy atom. The molecule has 0 fully saturated rings. The van der Waals surface area contributed by atoms with Gasteiger partial charge in [-0.2, -0.15) is 0 Å². The number of thioether (sulfide) groups is 1. The Kier molecular flexibility index (Phi) is 5.08. The minimum absolute atomic E-state index is 0.0982. The average Bonchev–Trinajstić information content (AvgIpc) is 2.39. The van der Waals surface area contributed by atoms with Crippen molar-refractivity contribution in [3.05, 3.63) is 42.4 Å². The minimum atomic E-state index is -0.0982. The van der Waals surface area contributed by atoms with Gasteiger partial charge in [0, 0.05) is 10.9 Å². The van der Waals surface area contributed by atoms with E-state index in [2.05, 4.69) is 11.9 Å². The lowest BCUT2D eigenvalue weighted by atomic mass is 10.0. The van der Waals surface area contributed by atoms with E-state index in [1.165, 1.54) is 12.3 Å². The Labute approximate surface area is 112 Å². The summed E-state index contributed by atoms with van der Waals surface area (Å²) in [6.07, 6.45) is 3.44. The molecule has 0 saturated carbocycles. The molecule has 0 aromatic heterocycles. The summed E-state index contributed by atoms with van der Waals surface area (Å²) in [5, 5.41) is 3.47. The van der Waals surface area contributed by atoms with E-state index in [4.69, 9.17) is 4.74 Å². The second-order valence-corrected chi connectivity index (χ2v) is 5.30. The van der Waals surface area contributed by atoms with E-state index in [9.17, 15) is 4.39 Å². The Bertz CT molecular complexity index is 411. The van der Waals surface area contributed by atoms with Crippen molar-refractivity contribution in [2.45, 2.75) is 23.8 Å². The molecule has 1 atom stereocenters. The van der Waals surface area contributed by atoms with Crippen LogP contribution >= 0.6 is 11.8 Å². The molecule has 1 aliphatic heterocycles. The highest BCUT2D eigenvalue weighted by Gasteiger charge is 2.22. The SMILES string of the molecule is C=COCCCNC1CCSc2c(F)cccc21. The van der Waals surface area contributed by atoms with Gasteiger partial charge in [-0.15, -0.1) is 11.8 Å². The summed E-state index contributed by atoms with van der Waals surface area (Å²) in [6.45, 7) is 5.05. The van der Waals surface area contributed by atoms with Crippen molar-refractivity contribution in [1.29, 1.82) is 0 Å². The Morgan fingerprint density at radius 3 is 3.28 bits per heavy atom. The van der Waals surface area contributed by atoms with Crippen molar-refractivity contribution >= 4 is 11.8 Å². The molecule has 0 radical (unpaired) electrons. The fourth-order valence-electron chi connectivity index (χ4n) is 2.11. The van der Waals surface area contributed by atoms with E-state index < -0.39 is 0 Å². The highest BCUT2D eigenvalue weighted by atomic mass is 32.2. The van der Waals surface area contributed by atoms with Crippen LogP contribution in [0.25, 0.3) is 0 Å². The largest absolute Gasteiger partial charge is 0.502 e. The number of hydrogen-bond acceptors (Lipinski definition) is 3. The summed E-state index contributed by atoms with van der Waals surface area (Å²) in [5.41, 5.74) is 1.09. The smallest absolute Gasteiger partial charge is 0.137 e. The molecule has 0 spiro atoms. The molecule has 1 N–H and O–H groups in total. The topological polar surface area (TPSA) is 21.3 Å². The van der Waals surface area contributed by atoms with Crippen molar-refractivity contribution in [1.82, 2.24) is 5.32 Å². The molecule has 1 heterocycles. The van der Waals surface area contributed by atoms with E-state index in [0.717, 1.165) is 35.6 Å². The molecule has 2 rings (SSSR count). The third-order valence-electron chi connectivity index (χ3n) is 2.97. The van der Waals surface area contributed by atoms with Gasteiger partial charge in [0.15, 0.2) is 0 Å². The molecule has 1 aromatic carbocycles. The molecule has 98 valence electrons. The quantitative estimate of drug-likeness (QED) is 0.629. The Balaban J connectivity index is 1.91. The third-order valence-corrected chi connectivity index (χ3v) is 4.13. The van der Waals surface area contributed by atoms with Gasteiger partial charge in [-0.3, -0.25) is 0 Å². The van der Waals surface area contributed by atoms with E-state index in [0.29, 0.717) is 6.61 Å². The molecule has 0 amide bonds. The van der Waals surface area contributed by atoms with Gasteiger partial charge >= 0.3 is 0 Å². The van der Waals surface area contributed by atoms with Gasteiger partial charge in [0.05, 0.1) is 12.9 Å². The summed E-state index contributed by atoms with van der Waals surface area (Å²) in [7, 11) is 0. The zero-order valence-corrected chi connectivity index (χ0v) is 11.1. The van der Waals surface area contributed by atoms with Crippen molar-refractivity contribution in [2.75, 3.05) is 18.9 Å². The first-order valence-corrected chi connectivity index (χ1v) is 7.18. The standard InChI is InChI=1S/C14H18FNOS/c1-2-17-9-4-8-16-13-7-10-18-14-11(13)5-3-6-12(14)15/h2-3,5-6,13,16H,1,4,7-10H2. The summed E-state index contributed by atoms with van der Waals surface area (Å²) in [6, 6.07) is 5.60. The monoisotopic (exact) mass is 267 g/mol. The fourth-order valence-corrected chi connectivity index (χ4v) is 3.25. The van der Waals surface area contributed by atoms with Crippen LogP contribution in [0.3, 0.4) is 0 Å². The number of nitrogens with one attached hydrogen (secondary N) is 1. The highest BCUT2D eigenvalue weighted by Crippen LogP contribution is 2.37. The van der Waals surface area contributed by atoms with Crippen molar-refractivity contribution in [3.8, 4) is 0 Å². The molecule has 0 saturated heterocycles. The summed E-state index contributed by atoms with van der Waals surface area (Å²) >= 11 is 1.61. The maximum Gasteiger partial charge on any atom is 0.137 e. The molecular weight excluding hydrogens is 249 g/mol. The number of ether oxygens (including phenoxy) is 1. The van der Waals surface area contributed by atoms with Crippen LogP contribution in [0, 0.1) is 5.82 Å². The number of benzene rings is 1. The van der Waals surface area contributed by atoms with Crippen LogP contribution < -0.4 is 5.32 Å². The molecule has 0 bridgehead atoms. The van der Waals surface area contributed by atoms with Gasteiger partial charge in [-0.05, 0) is 36.8 Å². The first kappa shape index (κ1) is 13.4. The first-order valence-electron chi connectivity index (χ1n) is 6.20. The average molecular weight is 267 g/mol. The lowest BCUT2D eigenvalue weighted by Gasteiger charge is -2.26. The van der Waals surface area contributed by atoms with Crippen LogP contribution in [0.5, 0.6) is 0 Å². The van der Waals surface area contributed by atoms with Crippen LogP contribution in [0.15, 0.2) is 35.9 Å². The minimum Gasteiger partial charge on any atom is -0.502 e. The summed E-state index contributed by atoms with van der Waals surface area (Å²) < 4.78 is 18.7. The van der Waals surface area contributed by atoms with Crippen molar-refractivity contribution in [3.63, 3.8) is 0 Å². The predicted octanol–water partition coefficient (Wildman–Crippen LogP) is 3.50. The number of rotatable bonds is 6. The second kappa shape index (κ2) is 6.81. The maximum atomic E-state index is 13.7. The molecule has 1 unspecified atom stereocenters. The lowest BCUT2D eigenvalue weighted by molar-refractivity contribution is 0.242. The predicted molar refractivity (Wildman–Crippen MR) is 73.3 cm³/mol. The number of fused-ring (bicyclic) bond motifs is 1. The molecule has 18 heavy (non-hydrogen) atoms. The van der Waals surface area contributed by atoms with Gasteiger partial charge in [0.25, 0.3) is 0 Å². The number of halogens is 1. The van der Waals surface area contributed by atoms with Crippen LogP contribution in [0.4, 0.5) is 4.39 Å². The fraction of sp³-hybridized carbons (Fsp3) is 0.429. The highest BCUT2D eigenvalue weighted by molar-refractivity contribution is 7.99. The second-order valence-electron chi connectivity index (χ2n) is 4.19. The molecule has 0 aliphatic carbocycles. The van der Waals surface area contributed by atoms with Gasteiger partial charge < -0.3 is 10.1 Å². The van der Waals surface area contributed by atoms with Gasteiger partial charge in [0.1, 0.15) is 5.82 Å². The van der Waals surface area contributed by atoms with Crippen molar-refractivity contribution in [2.24, 2.45) is 0 Å².